The molecule has 1 saturated heterocycles. The Bertz CT molecular complexity index is 464. The van der Waals surface area contributed by atoms with Crippen LogP contribution in [-0.2, 0) is 4.74 Å². The first-order valence-electron chi connectivity index (χ1n) is 7.15. The second-order valence-corrected chi connectivity index (χ2v) is 5.14. The molecule has 0 aliphatic carbocycles. The predicted molar refractivity (Wildman–Crippen MR) is 72.2 cm³/mol. The van der Waals surface area contributed by atoms with Gasteiger partial charge in [0, 0.05) is 24.8 Å². The molecule has 1 fully saturated rings. The third kappa shape index (κ3) is 4.90. The van der Waals surface area contributed by atoms with Crippen molar-refractivity contribution >= 4 is 6.03 Å². The van der Waals surface area contributed by atoms with Gasteiger partial charge in [0.15, 0.2) is 0 Å². The van der Waals surface area contributed by atoms with Crippen LogP contribution in [0.5, 0.6) is 0 Å². The van der Waals surface area contributed by atoms with E-state index in [1.807, 2.05) is 0 Å². The average molecular weight is 320 g/mol. The number of amides is 2. The maximum atomic E-state index is 12.2. The Hall–Kier alpha value is -1.77. The lowest BCUT2D eigenvalue weighted by Gasteiger charge is -2.35. The van der Waals surface area contributed by atoms with Gasteiger partial charge in [-0.05, 0) is 19.3 Å². The largest absolute Gasteiger partial charge is 0.411 e. The van der Waals surface area contributed by atoms with E-state index in [-0.39, 0.29) is 25.2 Å². The van der Waals surface area contributed by atoms with E-state index in [0.717, 1.165) is 24.8 Å². The fourth-order valence-corrected chi connectivity index (χ4v) is 2.48. The zero-order chi connectivity index (χ0) is 16.0. The van der Waals surface area contributed by atoms with Gasteiger partial charge in [0.05, 0.1) is 18.8 Å². The molecule has 0 saturated carbocycles. The van der Waals surface area contributed by atoms with Crippen molar-refractivity contribution in [3.05, 3.63) is 18.0 Å². The Morgan fingerprint density at radius 1 is 1.50 bits per heavy atom. The normalized spacial score (nSPS) is 19.2. The summed E-state index contributed by atoms with van der Waals surface area (Å²) < 4.78 is 40.2. The van der Waals surface area contributed by atoms with Gasteiger partial charge in [-0.3, -0.25) is 5.10 Å². The number of alkyl halides is 3. The van der Waals surface area contributed by atoms with E-state index in [0.29, 0.717) is 6.54 Å². The number of halogens is 3. The van der Waals surface area contributed by atoms with Crippen LogP contribution in [0.3, 0.4) is 0 Å². The SMILES string of the molecule is O=C(NCCOCC(F)(F)F)N1CCCC[C@H]1c1cn[nH]c1. The summed E-state index contributed by atoms with van der Waals surface area (Å²) in [5.41, 5.74) is 0.933. The molecule has 0 unspecified atom stereocenters. The Balaban J connectivity index is 1.78. The lowest BCUT2D eigenvalue weighted by molar-refractivity contribution is -0.173. The molecule has 1 aromatic heterocycles. The van der Waals surface area contributed by atoms with Crippen LogP contribution in [-0.4, -0.2) is 53.6 Å². The van der Waals surface area contributed by atoms with Crippen molar-refractivity contribution in [1.82, 2.24) is 20.4 Å². The van der Waals surface area contributed by atoms with E-state index in [2.05, 4.69) is 20.3 Å². The van der Waals surface area contributed by atoms with Crippen LogP contribution in [0.15, 0.2) is 12.4 Å². The molecule has 6 nitrogen and oxygen atoms in total. The molecular weight excluding hydrogens is 301 g/mol. The van der Waals surface area contributed by atoms with Gasteiger partial charge in [0.2, 0.25) is 0 Å². The first-order chi connectivity index (χ1) is 10.5. The van der Waals surface area contributed by atoms with Crippen molar-refractivity contribution in [1.29, 1.82) is 0 Å². The molecule has 0 bridgehead atoms. The van der Waals surface area contributed by atoms with Crippen LogP contribution in [0.25, 0.3) is 0 Å². The smallest absolute Gasteiger partial charge is 0.370 e. The molecule has 2 N–H and O–H groups in total. The highest BCUT2D eigenvalue weighted by Gasteiger charge is 2.29. The molecule has 0 radical (unpaired) electrons. The van der Waals surface area contributed by atoms with Crippen molar-refractivity contribution in [2.75, 3.05) is 26.3 Å². The van der Waals surface area contributed by atoms with Crippen LogP contribution in [0.4, 0.5) is 18.0 Å². The lowest BCUT2D eigenvalue weighted by atomic mass is 9.98. The van der Waals surface area contributed by atoms with E-state index >= 15 is 0 Å². The minimum atomic E-state index is -4.34. The summed E-state index contributed by atoms with van der Waals surface area (Å²) in [5, 5.41) is 9.21. The van der Waals surface area contributed by atoms with Gasteiger partial charge in [-0.2, -0.15) is 18.3 Å². The van der Waals surface area contributed by atoms with Crippen LogP contribution >= 0.6 is 0 Å². The summed E-state index contributed by atoms with van der Waals surface area (Å²) in [7, 11) is 0. The van der Waals surface area contributed by atoms with Crippen molar-refractivity contribution in [3.8, 4) is 0 Å². The molecule has 0 spiro atoms. The maximum Gasteiger partial charge on any atom is 0.411 e. The lowest BCUT2D eigenvalue weighted by Crippen LogP contribution is -2.45. The van der Waals surface area contributed by atoms with E-state index in [9.17, 15) is 18.0 Å². The fourth-order valence-electron chi connectivity index (χ4n) is 2.48. The summed E-state index contributed by atoms with van der Waals surface area (Å²) in [6.45, 7) is -0.811. The third-order valence-corrected chi connectivity index (χ3v) is 3.46. The number of urea groups is 1. The predicted octanol–water partition coefficient (Wildman–Crippen LogP) is 2.23. The molecule has 2 heterocycles. The van der Waals surface area contributed by atoms with Crippen LogP contribution < -0.4 is 5.32 Å². The third-order valence-electron chi connectivity index (χ3n) is 3.46. The van der Waals surface area contributed by atoms with Gasteiger partial charge in [0.1, 0.15) is 6.61 Å². The zero-order valence-corrected chi connectivity index (χ0v) is 12.0. The monoisotopic (exact) mass is 320 g/mol. The van der Waals surface area contributed by atoms with E-state index < -0.39 is 12.8 Å². The molecule has 9 heteroatoms. The fraction of sp³-hybridized carbons (Fsp3) is 0.692. The minimum absolute atomic E-state index is 0.0452. The van der Waals surface area contributed by atoms with Gasteiger partial charge in [-0.25, -0.2) is 4.79 Å². The van der Waals surface area contributed by atoms with E-state index in [1.54, 1.807) is 17.3 Å². The number of hydrogen-bond donors (Lipinski definition) is 2. The van der Waals surface area contributed by atoms with Crippen LogP contribution in [0.2, 0.25) is 0 Å². The highest BCUT2D eigenvalue weighted by atomic mass is 19.4. The minimum Gasteiger partial charge on any atom is -0.370 e. The number of aromatic amines is 1. The van der Waals surface area contributed by atoms with Crippen molar-refractivity contribution in [3.63, 3.8) is 0 Å². The number of carbonyl (C=O) groups excluding carboxylic acids is 1. The molecule has 124 valence electrons. The number of likely N-dealkylation sites (tertiary alicyclic amines) is 1. The molecule has 1 atom stereocenters. The second kappa shape index (κ2) is 7.48. The van der Waals surface area contributed by atoms with Crippen molar-refractivity contribution in [2.45, 2.75) is 31.5 Å². The second-order valence-electron chi connectivity index (χ2n) is 5.14. The first-order valence-corrected chi connectivity index (χ1v) is 7.15. The zero-order valence-electron chi connectivity index (χ0n) is 12.0. The molecule has 1 aliphatic heterocycles. The van der Waals surface area contributed by atoms with Gasteiger partial charge >= 0.3 is 12.2 Å². The molecule has 0 aromatic carbocycles. The summed E-state index contributed by atoms with van der Waals surface area (Å²) in [5.74, 6) is 0. The number of carbonyl (C=O) groups is 1. The van der Waals surface area contributed by atoms with Gasteiger partial charge in [0.25, 0.3) is 0 Å². The summed E-state index contributed by atoms with van der Waals surface area (Å²) in [4.78, 5) is 13.9. The number of H-pyrrole nitrogens is 1. The number of piperidine rings is 1. The van der Waals surface area contributed by atoms with Crippen molar-refractivity contribution < 1.29 is 22.7 Å². The molecule has 1 aromatic rings. The highest BCUT2D eigenvalue weighted by molar-refractivity contribution is 5.74. The standard InChI is InChI=1S/C13H19F3N4O2/c14-13(15,16)9-22-6-4-17-12(21)20-5-2-1-3-11(20)10-7-18-19-8-10/h7-8,11H,1-6,9H2,(H,17,21)(H,18,19)/t11-/m0/s1. The average Bonchev–Trinajstić information content (AvgIpc) is 2.99. The summed E-state index contributed by atoms with van der Waals surface area (Å²) in [6.07, 6.45) is 1.87. The van der Waals surface area contributed by atoms with Crippen molar-refractivity contribution in [2.24, 2.45) is 0 Å². The molecule has 22 heavy (non-hydrogen) atoms. The van der Waals surface area contributed by atoms with E-state index in [1.165, 1.54) is 0 Å². The number of rotatable bonds is 5. The summed E-state index contributed by atoms with van der Waals surface area (Å²) in [6, 6.07) is -0.342. The first kappa shape index (κ1) is 16.6. The van der Waals surface area contributed by atoms with Gasteiger partial charge < -0.3 is 15.0 Å². The van der Waals surface area contributed by atoms with Gasteiger partial charge in [-0.15, -0.1) is 0 Å². The van der Waals surface area contributed by atoms with Crippen LogP contribution in [0.1, 0.15) is 30.9 Å². The maximum absolute atomic E-state index is 12.2. The molecular formula is C13H19F3N4O2. The highest BCUT2D eigenvalue weighted by Crippen LogP contribution is 2.30. The summed E-state index contributed by atoms with van der Waals surface area (Å²) >= 11 is 0. The Kier molecular flexibility index (Phi) is 5.64. The van der Waals surface area contributed by atoms with Crippen LogP contribution in [0, 0.1) is 0 Å². The Morgan fingerprint density at radius 3 is 3.00 bits per heavy atom. The number of ether oxygens (including phenoxy) is 1. The number of aromatic nitrogens is 2. The number of nitrogens with zero attached hydrogens (tertiary/aromatic N) is 2. The Labute approximate surface area is 126 Å². The molecule has 1 aliphatic rings. The number of hydrogen-bond acceptors (Lipinski definition) is 3. The molecule has 2 amide bonds. The number of nitrogens with one attached hydrogen (secondary N) is 2. The van der Waals surface area contributed by atoms with Gasteiger partial charge in [-0.1, -0.05) is 0 Å². The van der Waals surface area contributed by atoms with E-state index in [4.69, 9.17) is 0 Å². The quantitative estimate of drug-likeness (QED) is 0.817. The topological polar surface area (TPSA) is 70.2 Å². The molecule has 2 rings (SSSR count). The Morgan fingerprint density at radius 2 is 2.32 bits per heavy atom.